The van der Waals surface area contributed by atoms with Crippen LogP contribution in [0.2, 0.25) is 0 Å². The van der Waals surface area contributed by atoms with E-state index in [1.54, 1.807) is 30.3 Å². The highest BCUT2D eigenvalue weighted by molar-refractivity contribution is 6.30. The normalized spacial score (nSPS) is 15.2. The largest absolute Gasteiger partial charge is 0.435 e. The van der Waals surface area contributed by atoms with Crippen LogP contribution in [0.3, 0.4) is 0 Å². The number of oxazole rings is 1. The molecule has 27 heavy (non-hydrogen) atoms. The Kier molecular flexibility index (Phi) is 3.30. The first-order valence-corrected chi connectivity index (χ1v) is 8.22. The highest BCUT2D eigenvalue weighted by atomic mass is 16.5. The van der Waals surface area contributed by atoms with E-state index in [9.17, 15) is 9.59 Å². The Bertz CT molecular complexity index is 1200. The number of para-hydroxylation sites is 1. The average molecular weight is 357 g/mol. The van der Waals surface area contributed by atoms with Crippen LogP contribution in [0.25, 0.3) is 28.7 Å². The molecule has 0 atom stereocenters. The number of hydrogen-bond acceptors (Lipinski definition) is 6. The molecule has 1 aliphatic rings. The van der Waals surface area contributed by atoms with Crippen LogP contribution in [0.1, 0.15) is 16.2 Å². The van der Waals surface area contributed by atoms with E-state index >= 15 is 0 Å². The van der Waals surface area contributed by atoms with Crippen molar-refractivity contribution >= 4 is 29.1 Å². The first kappa shape index (κ1) is 15.3. The monoisotopic (exact) mass is 357 g/mol. The van der Waals surface area contributed by atoms with Gasteiger partial charge in [-0.2, -0.15) is 4.98 Å². The number of fused-ring (bicyclic) bond motifs is 2. The Morgan fingerprint density at radius 2 is 1.67 bits per heavy atom. The van der Waals surface area contributed by atoms with Gasteiger partial charge in [-0.05, 0) is 12.1 Å². The Labute approximate surface area is 152 Å². The number of carbonyl (C=O) groups excluding carboxylic acids is 2. The molecule has 2 aromatic heterocycles. The summed E-state index contributed by atoms with van der Waals surface area (Å²) in [5.74, 6) is -0.195. The molecule has 0 N–H and O–H groups in total. The van der Waals surface area contributed by atoms with Gasteiger partial charge in [-0.25, -0.2) is 4.79 Å². The van der Waals surface area contributed by atoms with Crippen molar-refractivity contribution < 1.29 is 23.2 Å². The second kappa shape index (κ2) is 5.81. The molecule has 0 fully saturated rings. The van der Waals surface area contributed by atoms with Gasteiger partial charge in [0.2, 0.25) is 11.7 Å². The van der Waals surface area contributed by atoms with Gasteiger partial charge in [0, 0.05) is 17.7 Å². The molecule has 6 heteroatoms. The maximum atomic E-state index is 12.6. The van der Waals surface area contributed by atoms with Crippen molar-refractivity contribution in [3.05, 3.63) is 77.7 Å². The summed E-state index contributed by atoms with van der Waals surface area (Å²) in [7, 11) is 0. The number of carbonyl (C=O) groups is 2. The third kappa shape index (κ3) is 2.55. The van der Waals surface area contributed by atoms with Gasteiger partial charge in [-0.1, -0.05) is 42.5 Å². The van der Waals surface area contributed by atoms with Crippen LogP contribution >= 0.6 is 0 Å². The zero-order valence-corrected chi connectivity index (χ0v) is 13.8. The predicted octanol–water partition coefficient (Wildman–Crippen LogP) is 4.27. The summed E-state index contributed by atoms with van der Waals surface area (Å²) in [6, 6.07) is 17.8. The van der Waals surface area contributed by atoms with Crippen LogP contribution in [-0.4, -0.2) is 16.7 Å². The van der Waals surface area contributed by atoms with E-state index in [4.69, 9.17) is 13.6 Å². The second-order valence-electron chi connectivity index (χ2n) is 5.97. The van der Waals surface area contributed by atoms with E-state index in [0.29, 0.717) is 16.9 Å². The summed E-state index contributed by atoms with van der Waals surface area (Å²) in [6.07, 6.45) is 1.28. The molecular formula is C21H11NO5. The SMILES string of the molecule is O=C1Oc2ccccc2C(=O)/C1=C/c1nc2oc(-c3ccccc3)cc2o1. The third-order valence-corrected chi connectivity index (χ3v) is 4.23. The fourth-order valence-corrected chi connectivity index (χ4v) is 2.94. The highest BCUT2D eigenvalue weighted by Crippen LogP contribution is 2.31. The molecule has 0 amide bonds. The lowest BCUT2D eigenvalue weighted by Gasteiger charge is -2.15. The number of ether oxygens (including phenoxy) is 1. The maximum absolute atomic E-state index is 12.6. The Hall–Kier alpha value is -3.93. The summed E-state index contributed by atoms with van der Waals surface area (Å²) in [4.78, 5) is 28.9. The molecule has 0 unspecified atom stereocenters. The van der Waals surface area contributed by atoms with Crippen LogP contribution in [0, 0.1) is 0 Å². The van der Waals surface area contributed by atoms with Crippen LogP contribution in [0.4, 0.5) is 0 Å². The van der Waals surface area contributed by atoms with E-state index < -0.39 is 11.8 Å². The van der Waals surface area contributed by atoms with Crippen molar-refractivity contribution in [2.45, 2.75) is 0 Å². The van der Waals surface area contributed by atoms with Gasteiger partial charge in [-0.3, -0.25) is 4.79 Å². The summed E-state index contributed by atoms with van der Waals surface area (Å²) in [6.45, 7) is 0. The molecule has 0 radical (unpaired) electrons. The number of ketones is 1. The molecular weight excluding hydrogens is 346 g/mol. The van der Waals surface area contributed by atoms with Crippen LogP contribution in [0.5, 0.6) is 5.75 Å². The van der Waals surface area contributed by atoms with E-state index in [1.165, 1.54) is 6.08 Å². The van der Waals surface area contributed by atoms with Crippen molar-refractivity contribution in [3.63, 3.8) is 0 Å². The van der Waals surface area contributed by atoms with Gasteiger partial charge in [0.1, 0.15) is 17.1 Å². The third-order valence-electron chi connectivity index (χ3n) is 4.23. The molecule has 0 saturated heterocycles. The molecule has 3 heterocycles. The van der Waals surface area contributed by atoms with Crippen molar-refractivity contribution in [1.82, 2.24) is 4.98 Å². The lowest BCUT2D eigenvalue weighted by molar-refractivity contribution is -0.130. The Morgan fingerprint density at radius 3 is 2.48 bits per heavy atom. The summed E-state index contributed by atoms with van der Waals surface area (Å²) < 4.78 is 16.5. The summed E-state index contributed by atoms with van der Waals surface area (Å²) in [5, 5.41) is 0. The van der Waals surface area contributed by atoms with E-state index in [2.05, 4.69) is 4.98 Å². The topological polar surface area (TPSA) is 82.5 Å². The number of nitrogens with zero attached hydrogens (tertiary/aromatic N) is 1. The lowest BCUT2D eigenvalue weighted by atomic mass is 9.99. The number of aromatic nitrogens is 1. The number of hydrogen-bond donors (Lipinski definition) is 0. The Morgan fingerprint density at radius 1 is 0.889 bits per heavy atom. The van der Waals surface area contributed by atoms with Gasteiger partial charge in [0.05, 0.1) is 5.56 Å². The van der Waals surface area contributed by atoms with Gasteiger partial charge in [-0.15, -0.1) is 0 Å². The fourth-order valence-electron chi connectivity index (χ4n) is 2.94. The molecule has 1 aliphatic heterocycles. The maximum Gasteiger partial charge on any atom is 0.347 e. The minimum Gasteiger partial charge on any atom is -0.435 e. The minimum absolute atomic E-state index is 0.100. The predicted molar refractivity (Wildman–Crippen MR) is 96.1 cm³/mol. The standard InChI is InChI=1S/C21H11NO5/c23-19-13-8-4-5-9-15(13)27-21(24)14(19)10-18-22-20-17(25-18)11-16(26-20)12-6-2-1-3-7-12/h1-11H/b14-10-. The molecule has 0 saturated carbocycles. The van der Waals surface area contributed by atoms with Crippen LogP contribution in [0.15, 0.2) is 75.1 Å². The lowest BCUT2D eigenvalue weighted by Crippen LogP contribution is -2.24. The average Bonchev–Trinajstić information content (AvgIpc) is 3.24. The van der Waals surface area contributed by atoms with E-state index in [0.717, 1.165) is 5.56 Å². The molecule has 2 aromatic carbocycles. The molecule has 4 aromatic rings. The molecule has 0 bridgehead atoms. The van der Waals surface area contributed by atoms with Crippen molar-refractivity contribution in [1.29, 1.82) is 0 Å². The number of furan rings is 1. The molecule has 6 nitrogen and oxygen atoms in total. The number of rotatable bonds is 2. The van der Waals surface area contributed by atoms with E-state index in [-0.39, 0.29) is 22.9 Å². The number of Topliss-reactive ketones (excluding diaryl/α,β-unsaturated/α-hetero) is 1. The fraction of sp³-hybridized carbons (Fsp3) is 0. The highest BCUT2D eigenvalue weighted by Gasteiger charge is 2.31. The zero-order valence-electron chi connectivity index (χ0n) is 13.8. The molecule has 130 valence electrons. The number of esters is 1. The van der Waals surface area contributed by atoms with Gasteiger partial charge < -0.3 is 13.6 Å². The van der Waals surface area contributed by atoms with E-state index in [1.807, 2.05) is 30.3 Å². The van der Waals surface area contributed by atoms with Crippen molar-refractivity contribution in [2.24, 2.45) is 0 Å². The first-order chi connectivity index (χ1) is 13.2. The number of benzene rings is 2. The Balaban J connectivity index is 1.52. The molecule has 0 spiro atoms. The minimum atomic E-state index is -0.738. The van der Waals surface area contributed by atoms with Gasteiger partial charge in [0.15, 0.2) is 5.58 Å². The molecule has 0 aliphatic carbocycles. The molecule has 5 rings (SSSR count). The quantitative estimate of drug-likeness (QED) is 0.231. The van der Waals surface area contributed by atoms with Crippen molar-refractivity contribution in [3.8, 4) is 17.1 Å². The first-order valence-electron chi connectivity index (χ1n) is 8.22. The van der Waals surface area contributed by atoms with Crippen LogP contribution < -0.4 is 4.74 Å². The smallest absolute Gasteiger partial charge is 0.347 e. The summed E-state index contributed by atoms with van der Waals surface area (Å²) >= 11 is 0. The second-order valence-corrected chi connectivity index (χ2v) is 5.97. The summed E-state index contributed by atoms with van der Waals surface area (Å²) in [5.41, 5.74) is 1.80. The van der Waals surface area contributed by atoms with Gasteiger partial charge >= 0.3 is 5.97 Å². The zero-order chi connectivity index (χ0) is 18.4. The van der Waals surface area contributed by atoms with Crippen LogP contribution in [-0.2, 0) is 4.79 Å². The van der Waals surface area contributed by atoms with Gasteiger partial charge in [0.25, 0.3) is 5.71 Å². The van der Waals surface area contributed by atoms with Crippen molar-refractivity contribution in [2.75, 3.05) is 0 Å².